The molecule has 0 aliphatic carbocycles. The number of hydrogen-bond donors (Lipinski definition) is 2. The molecule has 0 aromatic heterocycles. The molecule has 0 heterocycles. The molecule has 0 radical (unpaired) electrons. The lowest BCUT2D eigenvalue weighted by Crippen LogP contribution is -2.28. The molecule has 100 valence electrons. The molecular weight excluding hydrogens is 232 g/mol. The fraction of sp³-hybridized carbons (Fsp3) is 0.462. The van der Waals surface area contributed by atoms with Crippen LogP contribution in [0.4, 0.5) is 0 Å². The zero-order chi connectivity index (χ0) is 13.2. The first-order valence-corrected chi connectivity index (χ1v) is 6.02. The Kier molecular flexibility index (Phi) is 6.83. The van der Waals surface area contributed by atoms with Crippen molar-refractivity contribution in [3.63, 3.8) is 0 Å². The van der Waals surface area contributed by atoms with Gasteiger partial charge < -0.3 is 20.5 Å². The van der Waals surface area contributed by atoms with Crippen molar-refractivity contribution in [2.45, 2.75) is 13.5 Å². The summed E-state index contributed by atoms with van der Waals surface area (Å²) in [5.74, 6) is 0.661. The lowest BCUT2D eigenvalue weighted by molar-refractivity contribution is -0.125. The highest BCUT2D eigenvalue weighted by atomic mass is 16.5. The van der Waals surface area contributed by atoms with E-state index in [1.165, 1.54) is 0 Å². The standard InChI is InChI=1S/C13H20N2O3/c1-2-18-12-5-3-4-11(8-12)9-15-13(16)10-17-7-6-14/h3-5,8H,2,6-7,9-10,14H2,1H3,(H,15,16). The molecule has 1 aromatic rings. The van der Waals surface area contributed by atoms with Crippen LogP contribution in [-0.2, 0) is 16.1 Å². The van der Waals surface area contributed by atoms with Crippen molar-refractivity contribution in [2.24, 2.45) is 5.73 Å². The molecule has 0 unspecified atom stereocenters. The van der Waals surface area contributed by atoms with Crippen LogP contribution in [0, 0.1) is 0 Å². The van der Waals surface area contributed by atoms with Crippen molar-refractivity contribution in [1.29, 1.82) is 0 Å². The van der Waals surface area contributed by atoms with E-state index in [0.29, 0.717) is 26.3 Å². The number of carbonyl (C=O) groups excluding carboxylic acids is 1. The summed E-state index contributed by atoms with van der Waals surface area (Å²) in [7, 11) is 0. The number of carbonyl (C=O) groups is 1. The lowest BCUT2D eigenvalue weighted by atomic mass is 10.2. The van der Waals surface area contributed by atoms with Gasteiger partial charge in [0.1, 0.15) is 12.4 Å². The Balaban J connectivity index is 2.33. The quantitative estimate of drug-likeness (QED) is 0.667. The largest absolute Gasteiger partial charge is 0.494 e. The highest BCUT2D eigenvalue weighted by Crippen LogP contribution is 2.12. The maximum atomic E-state index is 11.4. The summed E-state index contributed by atoms with van der Waals surface area (Å²) >= 11 is 0. The van der Waals surface area contributed by atoms with Gasteiger partial charge >= 0.3 is 0 Å². The third-order valence-electron chi connectivity index (χ3n) is 2.19. The van der Waals surface area contributed by atoms with Gasteiger partial charge in [0.25, 0.3) is 0 Å². The van der Waals surface area contributed by atoms with Crippen LogP contribution < -0.4 is 15.8 Å². The number of hydrogen-bond acceptors (Lipinski definition) is 4. The van der Waals surface area contributed by atoms with Gasteiger partial charge in [0.05, 0.1) is 13.2 Å². The van der Waals surface area contributed by atoms with E-state index in [1.807, 2.05) is 31.2 Å². The minimum atomic E-state index is -0.148. The molecule has 18 heavy (non-hydrogen) atoms. The number of nitrogens with one attached hydrogen (secondary N) is 1. The predicted octanol–water partition coefficient (Wildman–Crippen LogP) is 0.677. The summed E-state index contributed by atoms with van der Waals surface area (Å²) < 4.78 is 10.4. The molecule has 0 fully saturated rings. The SMILES string of the molecule is CCOc1cccc(CNC(=O)COCCN)c1. The molecule has 0 atom stereocenters. The summed E-state index contributed by atoms with van der Waals surface area (Å²) in [4.78, 5) is 11.4. The second kappa shape index (κ2) is 8.49. The Bertz CT molecular complexity index is 369. The van der Waals surface area contributed by atoms with Crippen molar-refractivity contribution < 1.29 is 14.3 Å². The smallest absolute Gasteiger partial charge is 0.246 e. The molecule has 1 rings (SSSR count). The van der Waals surface area contributed by atoms with Gasteiger partial charge in [-0.2, -0.15) is 0 Å². The minimum absolute atomic E-state index is 0.0440. The Morgan fingerprint density at radius 2 is 2.28 bits per heavy atom. The monoisotopic (exact) mass is 252 g/mol. The average molecular weight is 252 g/mol. The third-order valence-corrected chi connectivity index (χ3v) is 2.19. The molecule has 1 aromatic carbocycles. The summed E-state index contributed by atoms with van der Waals surface area (Å²) in [6.07, 6.45) is 0. The topological polar surface area (TPSA) is 73.6 Å². The van der Waals surface area contributed by atoms with E-state index in [1.54, 1.807) is 0 Å². The number of rotatable bonds is 8. The normalized spacial score (nSPS) is 10.1. The number of benzene rings is 1. The maximum Gasteiger partial charge on any atom is 0.246 e. The molecule has 0 aliphatic rings. The van der Waals surface area contributed by atoms with Crippen molar-refractivity contribution in [3.05, 3.63) is 29.8 Å². The Labute approximate surface area is 107 Å². The zero-order valence-electron chi connectivity index (χ0n) is 10.6. The van der Waals surface area contributed by atoms with Crippen LogP contribution in [0.1, 0.15) is 12.5 Å². The van der Waals surface area contributed by atoms with Crippen molar-refractivity contribution in [3.8, 4) is 5.75 Å². The predicted molar refractivity (Wildman–Crippen MR) is 69.3 cm³/mol. The first-order chi connectivity index (χ1) is 8.76. The van der Waals surface area contributed by atoms with Gasteiger partial charge in [-0.3, -0.25) is 4.79 Å². The lowest BCUT2D eigenvalue weighted by Gasteiger charge is -2.08. The average Bonchev–Trinajstić information content (AvgIpc) is 2.38. The van der Waals surface area contributed by atoms with Gasteiger partial charge in [0.15, 0.2) is 0 Å². The van der Waals surface area contributed by atoms with Crippen LogP contribution in [0.25, 0.3) is 0 Å². The van der Waals surface area contributed by atoms with Crippen LogP contribution in [0.5, 0.6) is 5.75 Å². The molecular formula is C13H20N2O3. The second-order valence-corrected chi connectivity index (χ2v) is 3.70. The molecule has 1 amide bonds. The van der Waals surface area contributed by atoms with Crippen LogP contribution in [0.3, 0.4) is 0 Å². The van der Waals surface area contributed by atoms with E-state index in [2.05, 4.69) is 5.32 Å². The first kappa shape index (κ1) is 14.5. The fourth-order valence-electron chi connectivity index (χ4n) is 1.41. The van der Waals surface area contributed by atoms with Gasteiger partial charge in [-0.15, -0.1) is 0 Å². The Hall–Kier alpha value is -1.59. The van der Waals surface area contributed by atoms with Crippen LogP contribution in [0.2, 0.25) is 0 Å². The maximum absolute atomic E-state index is 11.4. The number of amides is 1. The van der Waals surface area contributed by atoms with Gasteiger partial charge in [0.2, 0.25) is 5.91 Å². The van der Waals surface area contributed by atoms with Crippen molar-refractivity contribution >= 4 is 5.91 Å². The highest BCUT2D eigenvalue weighted by Gasteiger charge is 2.02. The summed E-state index contributed by atoms with van der Waals surface area (Å²) in [5, 5.41) is 2.77. The Morgan fingerprint density at radius 3 is 3.00 bits per heavy atom. The summed E-state index contributed by atoms with van der Waals surface area (Å²) in [5.41, 5.74) is 6.25. The molecule has 0 bridgehead atoms. The van der Waals surface area contributed by atoms with E-state index < -0.39 is 0 Å². The van der Waals surface area contributed by atoms with Crippen molar-refractivity contribution in [1.82, 2.24) is 5.32 Å². The van der Waals surface area contributed by atoms with Gasteiger partial charge in [-0.25, -0.2) is 0 Å². The zero-order valence-corrected chi connectivity index (χ0v) is 10.6. The molecule has 0 saturated heterocycles. The minimum Gasteiger partial charge on any atom is -0.494 e. The van der Waals surface area contributed by atoms with E-state index in [9.17, 15) is 4.79 Å². The fourth-order valence-corrected chi connectivity index (χ4v) is 1.41. The third kappa shape index (κ3) is 5.65. The molecule has 0 aliphatic heterocycles. The number of nitrogens with two attached hydrogens (primary N) is 1. The van der Waals surface area contributed by atoms with Crippen LogP contribution >= 0.6 is 0 Å². The van der Waals surface area contributed by atoms with Crippen LogP contribution in [-0.4, -0.2) is 32.3 Å². The first-order valence-electron chi connectivity index (χ1n) is 6.02. The van der Waals surface area contributed by atoms with E-state index in [-0.39, 0.29) is 12.5 Å². The highest BCUT2D eigenvalue weighted by molar-refractivity contribution is 5.77. The summed E-state index contributed by atoms with van der Waals surface area (Å²) in [6, 6.07) is 7.63. The van der Waals surface area contributed by atoms with E-state index >= 15 is 0 Å². The molecule has 3 N–H and O–H groups in total. The number of ether oxygens (including phenoxy) is 2. The van der Waals surface area contributed by atoms with E-state index in [4.69, 9.17) is 15.2 Å². The Morgan fingerprint density at radius 1 is 1.44 bits per heavy atom. The van der Waals surface area contributed by atoms with Gasteiger partial charge in [-0.05, 0) is 24.6 Å². The summed E-state index contributed by atoms with van der Waals surface area (Å²) in [6.45, 7) is 3.89. The van der Waals surface area contributed by atoms with E-state index in [0.717, 1.165) is 11.3 Å². The van der Waals surface area contributed by atoms with Crippen molar-refractivity contribution in [2.75, 3.05) is 26.4 Å². The van der Waals surface area contributed by atoms with Gasteiger partial charge in [-0.1, -0.05) is 12.1 Å². The van der Waals surface area contributed by atoms with Crippen LogP contribution in [0.15, 0.2) is 24.3 Å². The molecule has 5 nitrogen and oxygen atoms in total. The second-order valence-electron chi connectivity index (χ2n) is 3.70. The molecule has 5 heteroatoms. The molecule has 0 spiro atoms. The molecule has 0 saturated carbocycles. The van der Waals surface area contributed by atoms with Gasteiger partial charge in [0, 0.05) is 13.1 Å².